The van der Waals surface area contributed by atoms with Crippen molar-refractivity contribution in [2.45, 2.75) is 4.90 Å². The maximum absolute atomic E-state index is 11.7. The van der Waals surface area contributed by atoms with Crippen LogP contribution < -0.4 is 40.2 Å². The van der Waals surface area contributed by atoms with Crippen molar-refractivity contribution in [2.75, 3.05) is 10.6 Å². The van der Waals surface area contributed by atoms with Gasteiger partial charge in [-0.1, -0.05) is 18.2 Å². The van der Waals surface area contributed by atoms with Crippen molar-refractivity contribution >= 4 is 44.2 Å². The van der Waals surface area contributed by atoms with Crippen molar-refractivity contribution in [3.63, 3.8) is 0 Å². The molecule has 0 aliphatic rings. The molecule has 3 aromatic carbocycles. The monoisotopic (exact) mass is 458 g/mol. The van der Waals surface area contributed by atoms with Gasteiger partial charge in [-0.25, -0.2) is 8.42 Å². The Hall–Kier alpha value is -3.03. The summed E-state index contributed by atoms with van der Waals surface area (Å²) < 4.78 is 35.2. The number of hydrogen-bond acceptors (Lipinski definition) is 9. The molecule has 0 aliphatic carbocycles. The number of nitrogens with one attached hydrogen (secondary N) is 2. The Bertz CT molecular complexity index is 1240. The van der Waals surface area contributed by atoms with Gasteiger partial charge in [0, 0.05) is 17.4 Å². The predicted octanol–water partition coefficient (Wildman–Crippen LogP) is 0.898. The van der Waals surface area contributed by atoms with Crippen LogP contribution >= 0.6 is 0 Å². The summed E-state index contributed by atoms with van der Waals surface area (Å²) in [7, 11) is -4.89. The van der Waals surface area contributed by atoms with Gasteiger partial charge in [0.15, 0.2) is 0 Å². The zero-order valence-corrected chi connectivity index (χ0v) is 18.8. The fraction of sp³-hybridized carbons (Fsp3) is 0. The van der Waals surface area contributed by atoms with Crippen molar-refractivity contribution in [1.82, 2.24) is 0 Å². The Morgan fingerprint density at radius 3 is 1.94 bits per heavy atom. The van der Waals surface area contributed by atoms with Crippen LogP contribution in [0.4, 0.5) is 34.1 Å². The molecule has 13 heteroatoms. The van der Waals surface area contributed by atoms with Crippen LogP contribution in [0, 0.1) is 20.2 Å². The fourth-order valence-electron chi connectivity index (χ4n) is 2.63. The third-order valence-corrected chi connectivity index (χ3v) is 4.85. The van der Waals surface area contributed by atoms with Crippen LogP contribution in [0.1, 0.15) is 0 Å². The summed E-state index contributed by atoms with van der Waals surface area (Å²) >= 11 is 0. The summed E-state index contributed by atoms with van der Waals surface area (Å²) in [4.78, 5) is 19.9. The maximum atomic E-state index is 11.7. The minimum Gasteiger partial charge on any atom is -0.744 e. The van der Waals surface area contributed by atoms with Gasteiger partial charge in [-0.05, 0) is 36.4 Å². The molecule has 0 amide bonds. The molecule has 0 spiro atoms. The second-order valence-electron chi connectivity index (χ2n) is 6.00. The van der Waals surface area contributed by atoms with Crippen LogP contribution in [0.2, 0.25) is 0 Å². The molecule has 154 valence electrons. The molecule has 2 N–H and O–H groups in total. The van der Waals surface area contributed by atoms with E-state index < -0.39 is 36.2 Å². The van der Waals surface area contributed by atoms with Crippen LogP contribution in [0.15, 0.2) is 71.6 Å². The SMILES string of the molecule is O=[N+]([O-])[13c]1[13cH][13cH][13c](Nc2ccc(Nc3ccccc3)c(S(=O)(=O)[O-])c2)[13c]([N+](=O)[O-])[13cH]1.[Na+]. The number of nitro groups is 2. The Morgan fingerprint density at radius 2 is 1.35 bits per heavy atom. The summed E-state index contributed by atoms with van der Waals surface area (Å²) in [6, 6.07) is 15.3. The van der Waals surface area contributed by atoms with E-state index in [-0.39, 0.29) is 46.6 Å². The molecule has 0 heterocycles. The summed E-state index contributed by atoms with van der Waals surface area (Å²) in [6.07, 6.45) is 0. The van der Waals surface area contributed by atoms with Gasteiger partial charge in [-0.2, -0.15) is 0 Å². The van der Waals surface area contributed by atoms with Gasteiger partial charge < -0.3 is 15.2 Å². The number of nitrogens with zero attached hydrogens (tertiary/aromatic N) is 2. The number of hydrogen-bond donors (Lipinski definition) is 2. The van der Waals surface area contributed by atoms with Crippen LogP contribution in [-0.4, -0.2) is 22.8 Å². The Balaban J connectivity index is 0.00000341. The van der Waals surface area contributed by atoms with Gasteiger partial charge in [-0.3, -0.25) is 20.2 Å². The molecule has 3 aromatic rings. The second-order valence-corrected chi connectivity index (χ2v) is 7.34. The quantitative estimate of drug-likeness (QED) is 0.226. The van der Waals surface area contributed by atoms with E-state index in [4.69, 9.17) is 0 Å². The average molecular weight is 458 g/mol. The van der Waals surface area contributed by atoms with Gasteiger partial charge in [0.1, 0.15) is 15.8 Å². The predicted molar refractivity (Wildman–Crippen MR) is 107 cm³/mol. The normalized spacial score (nSPS) is 10.6. The molecule has 0 fully saturated rings. The van der Waals surface area contributed by atoms with E-state index >= 15 is 0 Å². The summed E-state index contributed by atoms with van der Waals surface area (Å²) in [6.45, 7) is 0. The molecule has 0 unspecified atom stereocenters. The molecular formula is C18H13N4NaO7S. The van der Waals surface area contributed by atoms with Gasteiger partial charge in [0.2, 0.25) is 0 Å². The fourth-order valence-corrected chi connectivity index (χ4v) is 3.29. The number of nitro benzene ring substituents is 2. The van der Waals surface area contributed by atoms with E-state index in [2.05, 4.69) is 10.6 Å². The van der Waals surface area contributed by atoms with Crippen LogP contribution in [0.5, 0.6) is 0 Å². The first-order valence-corrected chi connectivity index (χ1v) is 9.68. The summed E-state index contributed by atoms with van der Waals surface area (Å²) in [5, 5.41) is 27.6. The molecule has 0 radical (unpaired) electrons. The van der Waals surface area contributed by atoms with Crippen LogP contribution in [-0.2, 0) is 10.1 Å². The summed E-state index contributed by atoms with van der Waals surface area (Å²) in [5.41, 5.74) is -0.516. The molecule has 3 rings (SSSR count). The number of anilines is 4. The zero-order valence-electron chi connectivity index (χ0n) is 16.0. The largest absolute Gasteiger partial charge is 1.00 e. The number of rotatable bonds is 7. The van der Waals surface area contributed by atoms with E-state index in [0.29, 0.717) is 5.69 Å². The van der Waals surface area contributed by atoms with Crippen molar-refractivity contribution in [2.24, 2.45) is 0 Å². The number of benzene rings is 3. The van der Waals surface area contributed by atoms with Gasteiger partial charge in [0.05, 0.1) is 26.5 Å². The molecule has 11 nitrogen and oxygen atoms in total. The zero-order chi connectivity index (χ0) is 21.9. The molecule has 0 aromatic heterocycles. The Morgan fingerprint density at radius 1 is 0.742 bits per heavy atom. The molecule has 0 aliphatic heterocycles. The number of non-ortho nitro benzene ring substituents is 1. The first kappa shape index (κ1) is 24.2. The van der Waals surface area contributed by atoms with Gasteiger partial charge in [-0.15, -0.1) is 0 Å². The van der Waals surface area contributed by atoms with E-state index in [1.54, 1.807) is 30.3 Å². The second kappa shape index (κ2) is 9.85. The number of para-hydroxylation sites is 1. The topological polar surface area (TPSA) is 168 Å². The molecular weight excluding hydrogens is 445 g/mol. The van der Waals surface area contributed by atoms with Crippen molar-refractivity contribution < 1.29 is 52.4 Å². The van der Waals surface area contributed by atoms with E-state index in [1.807, 2.05) is 0 Å². The first-order chi connectivity index (χ1) is 14.1. The maximum Gasteiger partial charge on any atom is 1.00 e. The smallest absolute Gasteiger partial charge is 0.744 e. The minimum atomic E-state index is -4.89. The van der Waals surface area contributed by atoms with E-state index in [1.165, 1.54) is 12.1 Å². The van der Waals surface area contributed by atoms with Gasteiger partial charge in [0.25, 0.3) is 11.4 Å². The van der Waals surface area contributed by atoms with Crippen molar-refractivity contribution in [1.29, 1.82) is 0 Å². The third kappa shape index (κ3) is 5.99. The first-order valence-electron chi connectivity index (χ1n) is 8.27. The standard InChI is InChI=1S/C18H14N4O7S.Na/c23-21(24)14-7-9-15(17(11-14)22(25)26)20-13-6-8-16(18(10-13)30(27,28)29)19-12-4-2-1-3-5-12;/h1-11,19-20H,(H,27,28,29);/q;+1/p-1/i7+1,9+1,11+1,14+1,15+1,17+1;. The van der Waals surface area contributed by atoms with Gasteiger partial charge >= 0.3 is 29.6 Å². The van der Waals surface area contributed by atoms with Crippen molar-refractivity contribution in [3.05, 3.63) is 87.0 Å². The minimum absolute atomic E-state index is 0. The molecule has 0 bridgehead atoms. The van der Waals surface area contributed by atoms with E-state index in [9.17, 15) is 33.2 Å². The molecule has 0 atom stereocenters. The molecule has 31 heavy (non-hydrogen) atoms. The molecule has 0 saturated carbocycles. The Labute approximate surface area is 198 Å². The van der Waals surface area contributed by atoms with Crippen LogP contribution in [0.3, 0.4) is 0 Å². The summed E-state index contributed by atoms with van der Waals surface area (Å²) in [5.74, 6) is 0. The average Bonchev–Trinajstić information content (AvgIpc) is 2.69. The molecule has 0 saturated heterocycles. The third-order valence-electron chi connectivity index (χ3n) is 3.97. The Kier molecular flexibility index (Phi) is 7.70. The van der Waals surface area contributed by atoms with Crippen LogP contribution in [0.25, 0.3) is 0 Å². The van der Waals surface area contributed by atoms with Crippen molar-refractivity contribution in [3.8, 4) is 0 Å². The van der Waals surface area contributed by atoms with E-state index in [0.717, 1.165) is 24.3 Å².